The van der Waals surface area contributed by atoms with E-state index in [4.69, 9.17) is 4.74 Å². The lowest BCUT2D eigenvalue weighted by molar-refractivity contribution is 0.161. The van der Waals surface area contributed by atoms with Gasteiger partial charge in [-0.2, -0.15) is 0 Å². The molecule has 0 N–H and O–H groups in total. The Labute approximate surface area is 354 Å². The number of anilines is 3. The van der Waals surface area contributed by atoms with E-state index in [9.17, 15) is 0 Å². The summed E-state index contributed by atoms with van der Waals surface area (Å²) in [6.45, 7) is 4.55. The van der Waals surface area contributed by atoms with Gasteiger partial charge in [0.05, 0.1) is 0 Å². The van der Waals surface area contributed by atoms with Gasteiger partial charge in [0.15, 0.2) is 5.60 Å². The van der Waals surface area contributed by atoms with Crippen molar-refractivity contribution in [1.29, 1.82) is 0 Å². The highest BCUT2D eigenvalue weighted by molar-refractivity contribution is 9.10. The summed E-state index contributed by atoms with van der Waals surface area (Å²) in [4.78, 5) is 2.40. The number of hydrogen-bond donors (Lipinski definition) is 0. The molecule has 58 heavy (non-hydrogen) atoms. The minimum absolute atomic E-state index is 0.717. The van der Waals surface area contributed by atoms with E-state index in [0.717, 1.165) is 45.4 Å². The summed E-state index contributed by atoms with van der Waals surface area (Å²) >= 11 is 3.61. The number of hydrogen-bond acceptors (Lipinski definition) is 2. The van der Waals surface area contributed by atoms with Crippen molar-refractivity contribution in [2.24, 2.45) is 0 Å². The maximum Gasteiger partial charge on any atom is 0.178 e. The van der Waals surface area contributed by atoms with E-state index in [1.807, 2.05) is 0 Å². The van der Waals surface area contributed by atoms with Gasteiger partial charge in [-0.3, -0.25) is 0 Å². The van der Waals surface area contributed by atoms with Crippen molar-refractivity contribution < 1.29 is 4.74 Å². The number of nitrogens with zero attached hydrogens (tertiary/aromatic N) is 1. The maximum atomic E-state index is 7.02. The fraction of sp³-hybridized carbons (Fsp3) is 0.236. The molecule has 7 aromatic carbocycles. The fourth-order valence-electron chi connectivity index (χ4n) is 8.43. The van der Waals surface area contributed by atoms with Crippen LogP contribution in [0.4, 0.5) is 17.1 Å². The molecule has 8 rings (SSSR count). The first-order valence-electron chi connectivity index (χ1n) is 21.4. The van der Waals surface area contributed by atoms with Crippen LogP contribution in [0.3, 0.4) is 0 Å². The van der Waals surface area contributed by atoms with Crippen molar-refractivity contribution >= 4 is 49.8 Å². The van der Waals surface area contributed by atoms with Crippen LogP contribution in [0.25, 0.3) is 28.0 Å². The normalized spacial score (nSPS) is 14.6. The highest BCUT2D eigenvalue weighted by atomic mass is 79.9. The van der Waals surface area contributed by atoms with Crippen molar-refractivity contribution in [3.8, 4) is 16.9 Å². The lowest BCUT2D eigenvalue weighted by atomic mass is 9.83. The summed E-state index contributed by atoms with van der Waals surface area (Å²) in [5.41, 5.74) is 11.3. The van der Waals surface area contributed by atoms with Crippen molar-refractivity contribution in [1.82, 2.24) is 0 Å². The van der Waals surface area contributed by atoms with Crippen LogP contribution in [-0.4, -0.2) is 0 Å². The Hall–Kier alpha value is -5.38. The minimum Gasteiger partial charge on any atom is -0.473 e. The monoisotopic (exact) mass is 823 g/mol. The third-order valence-corrected chi connectivity index (χ3v) is 12.3. The van der Waals surface area contributed by atoms with E-state index in [2.05, 4.69) is 205 Å². The first kappa shape index (κ1) is 39.4. The lowest BCUT2D eigenvalue weighted by Crippen LogP contribution is -2.34. The quantitative estimate of drug-likeness (QED) is 0.0900. The summed E-state index contributed by atoms with van der Waals surface area (Å²) in [5.74, 6) is 0.882. The van der Waals surface area contributed by atoms with Crippen LogP contribution in [0.2, 0.25) is 0 Å². The fourth-order valence-corrected chi connectivity index (χ4v) is 8.69. The van der Waals surface area contributed by atoms with Gasteiger partial charge in [0.25, 0.3) is 0 Å². The molecule has 0 spiro atoms. The molecular formula is C55H54BrNO. The van der Waals surface area contributed by atoms with E-state index in [0.29, 0.717) is 0 Å². The van der Waals surface area contributed by atoms with Gasteiger partial charge in [-0.05, 0) is 132 Å². The predicted molar refractivity (Wildman–Crippen MR) is 251 cm³/mol. The van der Waals surface area contributed by atoms with E-state index in [1.54, 1.807) is 0 Å². The zero-order valence-corrected chi connectivity index (χ0v) is 35.6. The van der Waals surface area contributed by atoms with Gasteiger partial charge in [0.1, 0.15) is 5.75 Å². The Kier molecular flexibility index (Phi) is 12.6. The number of halogens is 1. The zero-order chi connectivity index (χ0) is 39.7. The van der Waals surface area contributed by atoms with Crippen molar-refractivity contribution in [2.75, 3.05) is 4.90 Å². The van der Waals surface area contributed by atoms with Crippen molar-refractivity contribution in [2.45, 2.75) is 83.7 Å². The average molecular weight is 825 g/mol. The first-order valence-corrected chi connectivity index (χ1v) is 22.2. The standard InChI is InChI=1S/C55H54BrNO/c1-3-5-7-10-14-41-18-30-49(31-19-41)57(50-32-20-42(21-33-50)15-11-8-6-4-2)51-34-22-43(23-35-51)44-24-36-52-45(40-44)25-37-54-53(52)38-39-55(58-54,46-16-12-9-13-17-46)47-26-28-48(56)29-27-47/h9,12-13,16-40H,3-8,10-11,14-15H2,1-2H3. The van der Waals surface area contributed by atoms with Gasteiger partial charge in [-0.15, -0.1) is 0 Å². The Morgan fingerprint density at radius 1 is 0.517 bits per heavy atom. The average Bonchev–Trinajstić information content (AvgIpc) is 3.28. The van der Waals surface area contributed by atoms with E-state index < -0.39 is 5.60 Å². The van der Waals surface area contributed by atoms with Crippen LogP contribution in [0.1, 0.15) is 93.0 Å². The lowest BCUT2D eigenvalue weighted by Gasteiger charge is -2.36. The van der Waals surface area contributed by atoms with Crippen LogP contribution in [0.5, 0.6) is 5.75 Å². The molecule has 3 heteroatoms. The number of aryl methyl sites for hydroxylation is 2. The molecule has 1 unspecified atom stereocenters. The second-order valence-corrected chi connectivity index (χ2v) is 16.7. The molecule has 2 nitrogen and oxygen atoms in total. The third-order valence-electron chi connectivity index (χ3n) is 11.7. The van der Waals surface area contributed by atoms with E-state index >= 15 is 0 Å². The van der Waals surface area contributed by atoms with Crippen molar-refractivity contribution in [3.05, 3.63) is 196 Å². The predicted octanol–water partition coefficient (Wildman–Crippen LogP) is 16.3. The molecular weight excluding hydrogens is 771 g/mol. The third kappa shape index (κ3) is 8.71. The van der Waals surface area contributed by atoms with Gasteiger partial charge < -0.3 is 9.64 Å². The summed E-state index contributed by atoms with van der Waals surface area (Å²) in [6.07, 6.45) is 17.0. The number of fused-ring (bicyclic) bond motifs is 3. The molecule has 0 aromatic heterocycles. The number of rotatable bonds is 16. The molecule has 1 aliphatic rings. The molecule has 0 fully saturated rings. The molecule has 1 heterocycles. The first-order chi connectivity index (χ1) is 28.5. The SMILES string of the molecule is CCCCCCc1ccc(N(c2ccc(CCCCCC)cc2)c2ccc(-c3ccc4c5c(ccc4c3)OC(c3ccccc3)(c3ccc(Br)cc3)C=C5)cc2)cc1. The van der Waals surface area contributed by atoms with Crippen LogP contribution in [0.15, 0.2) is 168 Å². The maximum absolute atomic E-state index is 7.02. The Bertz CT molecular complexity index is 2380. The molecule has 0 radical (unpaired) electrons. The molecule has 0 aliphatic carbocycles. The molecule has 0 saturated heterocycles. The van der Waals surface area contributed by atoms with E-state index in [1.165, 1.54) is 95.8 Å². The molecule has 0 amide bonds. The van der Waals surface area contributed by atoms with Gasteiger partial charge in [0, 0.05) is 38.2 Å². The number of unbranched alkanes of at least 4 members (excludes halogenated alkanes) is 6. The van der Waals surface area contributed by atoms with Crippen LogP contribution in [-0.2, 0) is 18.4 Å². The van der Waals surface area contributed by atoms with Gasteiger partial charge in [0.2, 0.25) is 0 Å². The topological polar surface area (TPSA) is 12.5 Å². The van der Waals surface area contributed by atoms with Crippen LogP contribution >= 0.6 is 15.9 Å². The highest BCUT2D eigenvalue weighted by Crippen LogP contribution is 2.45. The molecule has 292 valence electrons. The summed E-state index contributed by atoms with van der Waals surface area (Å²) in [6, 6.07) is 57.6. The second kappa shape index (κ2) is 18.5. The smallest absolute Gasteiger partial charge is 0.178 e. The second-order valence-electron chi connectivity index (χ2n) is 15.8. The summed E-state index contributed by atoms with van der Waals surface area (Å²) < 4.78 is 8.07. The molecule has 1 atom stereocenters. The van der Waals surface area contributed by atoms with Crippen LogP contribution in [0, 0.1) is 0 Å². The molecule has 7 aromatic rings. The Morgan fingerprint density at radius 3 is 1.66 bits per heavy atom. The van der Waals surface area contributed by atoms with Gasteiger partial charge >= 0.3 is 0 Å². The molecule has 0 bridgehead atoms. The van der Waals surface area contributed by atoms with Gasteiger partial charge in [-0.1, -0.05) is 165 Å². The van der Waals surface area contributed by atoms with Gasteiger partial charge in [-0.25, -0.2) is 0 Å². The number of ether oxygens (including phenoxy) is 1. The zero-order valence-electron chi connectivity index (χ0n) is 34.0. The van der Waals surface area contributed by atoms with Crippen LogP contribution < -0.4 is 9.64 Å². The Morgan fingerprint density at radius 2 is 1.07 bits per heavy atom. The summed E-state index contributed by atoms with van der Waals surface area (Å²) in [7, 11) is 0. The highest BCUT2D eigenvalue weighted by Gasteiger charge is 2.37. The number of benzene rings is 7. The summed E-state index contributed by atoms with van der Waals surface area (Å²) in [5, 5.41) is 2.37. The largest absolute Gasteiger partial charge is 0.473 e. The minimum atomic E-state index is -0.717. The molecule has 1 aliphatic heterocycles. The van der Waals surface area contributed by atoms with Crippen molar-refractivity contribution in [3.63, 3.8) is 0 Å². The Balaban J connectivity index is 1.07. The van der Waals surface area contributed by atoms with E-state index in [-0.39, 0.29) is 0 Å². The molecule has 0 saturated carbocycles.